The van der Waals surface area contributed by atoms with Crippen LogP contribution in [0.15, 0.2) is 54.6 Å². The van der Waals surface area contributed by atoms with Crippen LogP contribution < -0.4 is 5.32 Å². The Morgan fingerprint density at radius 2 is 1.69 bits per heavy atom. The first kappa shape index (κ1) is 20.1. The summed E-state index contributed by atoms with van der Waals surface area (Å²) >= 11 is 0. The Balaban J connectivity index is 1.39. The van der Waals surface area contributed by atoms with Gasteiger partial charge in [0.05, 0.1) is 25.8 Å². The number of rotatable bonds is 6. The number of ether oxygens (including phenoxy) is 1. The molecule has 2 atom stereocenters. The molecule has 2 heterocycles. The Bertz CT molecular complexity index is 805. The molecule has 5 nitrogen and oxygen atoms in total. The van der Waals surface area contributed by atoms with Crippen molar-refractivity contribution in [3.8, 4) is 0 Å². The van der Waals surface area contributed by atoms with Crippen molar-refractivity contribution in [2.45, 2.75) is 32.0 Å². The molecule has 1 fully saturated rings. The van der Waals surface area contributed by atoms with Gasteiger partial charge >= 0.3 is 0 Å². The lowest BCUT2D eigenvalue weighted by Gasteiger charge is -2.38. The van der Waals surface area contributed by atoms with Gasteiger partial charge in [-0.25, -0.2) is 0 Å². The molecule has 0 bridgehead atoms. The maximum absolute atomic E-state index is 12.9. The summed E-state index contributed by atoms with van der Waals surface area (Å²) in [4.78, 5) is 17.5. The van der Waals surface area contributed by atoms with E-state index >= 15 is 0 Å². The van der Waals surface area contributed by atoms with Crippen molar-refractivity contribution in [2.24, 2.45) is 0 Å². The molecule has 1 saturated heterocycles. The Morgan fingerprint density at radius 1 is 1.00 bits per heavy atom. The number of morpholine rings is 1. The topological polar surface area (TPSA) is 44.8 Å². The molecule has 0 spiro atoms. The van der Waals surface area contributed by atoms with Crippen LogP contribution in [0.4, 0.5) is 0 Å². The summed E-state index contributed by atoms with van der Waals surface area (Å²) < 4.78 is 5.54. The van der Waals surface area contributed by atoms with Crippen LogP contribution in [-0.4, -0.2) is 61.1 Å². The number of amides is 1. The normalized spacial score (nSPS) is 19.9. The first-order chi connectivity index (χ1) is 14.2. The molecular formula is C24H31N3O2. The van der Waals surface area contributed by atoms with Crippen molar-refractivity contribution in [3.63, 3.8) is 0 Å². The monoisotopic (exact) mass is 393 g/mol. The van der Waals surface area contributed by atoms with Crippen LogP contribution in [0.3, 0.4) is 0 Å². The molecule has 0 aliphatic carbocycles. The van der Waals surface area contributed by atoms with Gasteiger partial charge in [0.2, 0.25) is 5.91 Å². The summed E-state index contributed by atoms with van der Waals surface area (Å²) in [6, 6.07) is 19.2. The van der Waals surface area contributed by atoms with Gasteiger partial charge in [-0.05, 0) is 30.0 Å². The number of hydrogen-bond acceptors (Lipinski definition) is 4. The van der Waals surface area contributed by atoms with Crippen LogP contribution in [0, 0.1) is 0 Å². The van der Waals surface area contributed by atoms with Crippen molar-refractivity contribution in [1.82, 2.24) is 15.1 Å². The summed E-state index contributed by atoms with van der Waals surface area (Å²) in [7, 11) is 0. The number of carbonyl (C=O) groups is 1. The first-order valence-corrected chi connectivity index (χ1v) is 10.7. The smallest absolute Gasteiger partial charge is 0.234 e. The maximum atomic E-state index is 12.9. The highest BCUT2D eigenvalue weighted by Gasteiger charge is 2.29. The van der Waals surface area contributed by atoms with E-state index < -0.39 is 0 Å². The molecule has 2 aromatic carbocycles. The molecule has 5 heteroatoms. The Hall–Kier alpha value is -2.21. The third-order valence-electron chi connectivity index (χ3n) is 6.02. The molecule has 2 aliphatic rings. The second kappa shape index (κ2) is 9.53. The molecular weight excluding hydrogens is 362 g/mol. The van der Waals surface area contributed by atoms with E-state index in [1.807, 2.05) is 6.07 Å². The molecule has 29 heavy (non-hydrogen) atoms. The van der Waals surface area contributed by atoms with Gasteiger partial charge in [0.1, 0.15) is 0 Å². The van der Waals surface area contributed by atoms with Crippen LogP contribution in [-0.2, 0) is 22.5 Å². The predicted octanol–water partition coefficient (Wildman–Crippen LogP) is 2.62. The van der Waals surface area contributed by atoms with E-state index in [0.29, 0.717) is 6.54 Å². The van der Waals surface area contributed by atoms with E-state index in [0.717, 1.165) is 45.8 Å². The van der Waals surface area contributed by atoms with Crippen molar-refractivity contribution < 1.29 is 9.53 Å². The highest BCUT2D eigenvalue weighted by molar-refractivity contribution is 5.78. The average molecular weight is 394 g/mol. The molecule has 1 amide bonds. The van der Waals surface area contributed by atoms with E-state index in [-0.39, 0.29) is 18.0 Å². The number of hydrogen-bond donors (Lipinski definition) is 1. The average Bonchev–Trinajstić information content (AvgIpc) is 2.75. The number of carbonyl (C=O) groups excluding carboxylic acids is 1. The lowest BCUT2D eigenvalue weighted by atomic mass is 9.98. The van der Waals surface area contributed by atoms with Gasteiger partial charge in [-0.2, -0.15) is 0 Å². The molecule has 0 unspecified atom stereocenters. The Kier molecular flexibility index (Phi) is 6.60. The molecule has 0 saturated carbocycles. The SMILES string of the molecule is C[C@H](NC(=O)CN1CCc2ccccc2C1)[C@H](c1ccccc1)N1CCOCC1. The van der Waals surface area contributed by atoms with Gasteiger partial charge in [-0.15, -0.1) is 0 Å². The minimum Gasteiger partial charge on any atom is -0.379 e. The zero-order valence-electron chi connectivity index (χ0n) is 17.2. The fraction of sp³-hybridized carbons (Fsp3) is 0.458. The van der Waals surface area contributed by atoms with Gasteiger partial charge in [0.25, 0.3) is 0 Å². The summed E-state index contributed by atoms with van der Waals surface area (Å²) in [6.45, 7) is 7.63. The fourth-order valence-corrected chi connectivity index (χ4v) is 4.59. The van der Waals surface area contributed by atoms with Gasteiger partial charge in [-0.3, -0.25) is 14.6 Å². The molecule has 0 aromatic heterocycles. The Labute approximate surface area is 173 Å². The van der Waals surface area contributed by atoms with Gasteiger partial charge in [-0.1, -0.05) is 54.6 Å². The predicted molar refractivity (Wildman–Crippen MR) is 115 cm³/mol. The summed E-state index contributed by atoms with van der Waals surface area (Å²) in [5, 5.41) is 3.28. The molecule has 2 aromatic rings. The van der Waals surface area contributed by atoms with Crippen LogP contribution >= 0.6 is 0 Å². The highest BCUT2D eigenvalue weighted by atomic mass is 16.5. The number of benzene rings is 2. The van der Waals surface area contributed by atoms with Crippen LogP contribution in [0.1, 0.15) is 29.7 Å². The van der Waals surface area contributed by atoms with Crippen LogP contribution in [0.2, 0.25) is 0 Å². The third-order valence-corrected chi connectivity index (χ3v) is 6.02. The van der Waals surface area contributed by atoms with Crippen LogP contribution in [0.5, 0.6) is 0 Å². The van der Waals surface area contributed by atoms with Crippen LogP contribution in [0.25, 0.3) is 0 Å². The maximum Gasteiger partial charge on any atom is 0.234 e. The number of nitrogens with one attached hydrogen (secondary N) is 1. The third kappa shape index (κ3) is 5.04. The van der Waals surface area contributed by atoms with Crippen molar-refractivity contribution in [2.75, 3.05) is 39.4 Å². The highest BCUT2D eigenvalue weighted by Crippen LogP contribution is 2.25. The fourth-order valence-electron chi connectivity index (χ4n) is 4.59. The minimum absolute atomic E-state index is 0.0278. The van der Waals surface area contributed by atoms with Gasteiger partial charge in [0, 0.05) is 32.2 Å². The lowest BCUT2D eigenvalue weighted by Crippen LogP contribution is -2.50. The second-order valence-corrected chi connectivity index (χ2v) is 8.09. The van der Waals surface area contributed by atoms with E-state index in [4.69, 9.17) is 4.74 Å². The van der Waals surface area contributed by atoms with E-state index in [9.17, 15) is 4.79 Å². The van der Waals surface area contributed by atoms with E-state index in [2.05, 4.69) is 70.6 Å². The molecule has 154 valence electrons. The largest absolute Gasteiger partial charge is 0.379 e. The van der Waals surface area contributed by atoms with Crippen molar-refractivity contribution in [3.05, 3.63) is 71.3 Å². The second-order valence-electron chi connectivity index (χ2n) is 8.09. The molecule has 2 aliphatic heterocycles. The summed E-state index contributed by atoms with van der Waals surface area (Å²) in [5.41, 5.74) is 4.00. The first-order valence-electron chi connectivity index (χ1n) is 10.7. The lowest BCUT2D eigenvalue weighted by molar-refractivity contribution is -0.123. The van der Waals surface area contributed by atoms with E-state index in [1.54, 1.807) is 0 Å². The molecule has 0 radical (unpaired) electrons. The number of nitrogens with zero attached hydrogens (tertiary/aromatic N) is 2. The quantitative estimate of drug-likeness (QED) is 0.820. The minimum atomic E-state index is 0.0278. The summed E-state index contributed by atoms with van der Waals surface area (Å²) in [6.07, 6.45) is 1.01. The van der Waals surface area contributed by atoms with Crippen molar-refractivity contribution in [1.29, 1.82) is 0 Å². The Morgan fingerprint density at radius 3 is 2.45 bits per heavy atom. The molecule has 4 rings (SSSR count). The van der Waals surface area contributed by atoms with Gasteiger partial charge < -0.3 is 10.1 Å². The zero-order chi connectivity index (χ0) is 20.1. The standard InChI is InChI=1S/C24H31N3O2/c1-19(24(21-8-3-2-4-9-21)27-13-15-29-16-14-27)25-23(28)18-26-12-11-20-7-5-6-10-22(20)17-26/h2-10,19,24H,11-18H2,1H3,(H,25,28)/t19-,24+/m0/s1. The van der Waals surface area contributed by atoms with Gasteiger partial charge in [0.15, 0.2) is 0 Å². The van der Waals surface area contributed by atoms with Crippen molar-refractivity contribution >= 4 is 5.91 Å². The summed E-state index contributed by atoms with van der Waals surface area (Å²) in [5.74, 6) is 0.103. The zero-order valence-corrected chi connectivity index (χ0v) is 17.2. The van der Waals surface area contributed by atoms with E-state index in [1.165, 1.54) is 16.7 Å². The molecule has 1 N–H and O–H groups in total. The number of fused-ring (bicyclic) bond motifs is 1.